The minimum absolute atomic E-state index is 0.279. The first-order valence-electron chi connectivity index (χ1n) is 6.07. The smallest absolute Gasteiger partial charge is 0.242 e. The Morgan fingerprint density at radius 3 is 2.22 bits per heavy atom. The van der Waals surface area contributed by atoms with E-state index >= 15 is 0 Å². The van der Waals surface area contributed by atoms with Crippen molar-refractivity contribution in [3.63, 3.8) is 0 Å². The van der Waals surface area contributed by atoms with Crippen LogP contribution in [-0.4, -0.2) is 38.0 Å². The zero-order valence-electron chi connectivity index (χ0n) is 11.1. The first-order chi connectivity index (χ1) is 8.37. The Hall–Kier alpha value is -0.910. The molecule has 0 aliphatic heterocycles. The van der Waals surface area contributed by atoms with E-state index in [1.807, 2.05) is 6.92 Å². The Labute approximate surface area is 109 Å². The van der Waals surface area contributed by atoms with Crippen LogP contribution in [0.15, 0.2) is 29.2 Å². The molecule has 0 bridgehead atoms. The highest BCUT2D eigenvalue weighted by atomic mass is 32.2. The predicted molar refractivity (Wildman–Crippen MR) is 71.9 cm³/mol. The van der Waals surface area contributed by atoms with Crippen molar-refractivity contribution in [2.75, 3.05) is 14.1 Å². The minimum atomic E-state index is -3.36. The summed E-state index contributed by atoms with van der Waals surface area (Å²) in [5, 5.41) is 9.69. The van der Waals surface area contributed by atoms with Crippen LogP contribution < -0.4 is 0 Å². The summed E-state index contributed by atoms with van der Waals surface area (Å²) in [6, 6.07) is 6.69. The summed E-state index contributed by atoms with van der Waals surface area (Å²) in [5.74, 6) is 0. The van der Waals surface area contributed by atoms with Crippen LogP contribution in [0.3, 0.4) is 0 Å². The molecule has 1 N–H and O–H groups in total. The zero-order valence-corrected chi connectivity index (χ0v) is 11.9. The summed E-state index contributed by atoms with van der Waals surface area (Å²) >= 11 is 0. The van der Waals surface area contributed by atoms with Crippen molar-refractivity contribution >= 4 is 10.0 Å². The van der Waals surface area contributed by atoms with Crippen molar-refractivity contribution in [1.82, 2.24) is 4.31 Å². The third kappa shape index (κ3) is 3.80. The lowest BCUT2D eigenvalue weighted by Crippen LogP contribution is -2.22. The van der Waals surface area contributed by atoms with Crippen LogP contribution in [0.25, 0.3) is 0 Å². The van der Waals surface area contributed by atoms with E-state index in [0.29, 0.717) is 6.42 Å². The van der Waals surface area contributed by atoms with Crippen molar-refractivity contribution < 1.29 is 13.5 Å². The molecule has 0 aliphatic rings. The molecule has 0 aromatic heterocycles. The average Bonchev–Trinajstić information content (AvgIpc) is 2.29. The van der Waals surface area contributed by atoms with Crippen LogP contribution in [0.5, 0.6) is 0 Å². The molecular weight excluding hydrogens is 250 g/mol. The van der Waals surface area contributed by atoms with E-state index in [2.05, 4.69) is 0 Å². The van der Waals surface area contributed by atoms with Crippen molar-refractivity contribution in [2.45, 2.75) is 37.2 Å². The topological polar surface area (TPSA) is 57.6 Å². The fraction of sp³-hybridized carbons (Fsp3) is 0.538. The van der Waals surface area contributed by atoms with Crippen molar-refractivity contribution in [1.29, 1.82) is 0 Å². The van der Waals surface area contributed by atoms with E-state index in [1.165, 1.54) is 18.4 Å². The van der Waals surface area contributed by atoms with E-state index in [-0.39, 0.29) is 11.0 Å². The first kappa shape index (κ1) is 15.1. The normalized spacial score (nSPS) is 13.8. The zero-order chi connectivity index (χ0) is 13.8. The van der Waals surface area contributed by atoms with Gasteiger partial charge in [0.15, 0.2) is 0 Å². The van der Waals surface area contributed by atoms with Gasteiger partial charge in [0, 0.05) is 14.1 Å². The fourth-order valence-electron chi connectivity index (χ4n) is 1.72. The molecule has 102 valence electrons. The second-order valence-electron chi connectivity index (χ2n) is 4.58. The number of aliphatic hydroxyl groups is 1. The minimum Gasteiger partial charge on any atom is -0.393 e. The Balaban J connectivity index is 2.81. The van der Waals surface area contributed by atoms with E-state index in [4.69, 9.17) is 0 Å². The Bertz CT molecular complexity index is 466. The van der Waals surface area contributed by atoms with Crippen molar-refractivity contribution in [2.24, 2.45) is 0 Å². The third-order valence-electron chi connectivity index (χ3n) is 2.80. The number of rotatable bonds is 6. The lowest BCUT2D eigenvalue weighted by molar-refractivity contribution is 0.164. The molecule has 1 unspecified atom stereocenters. The molecule has 0 amide bonds. The summed E-state index contributed by atoms with van der Waals surface area (Å²) in [6.07, 6.45) is 1.91. The molecule has 1 aromatic carbocycles. The molecule has 0 heterocycles. The van der Waals surface area contributed by atoms with Gasteiger partial charge in [0.1, 0.15) is 0 Å². The van der Waals surface area contributed by atoms with E-state index < -0.39 is 10.0 Å². The number of nitrogens with zero attached hydrogens (tertiary/aromatic N) is 1. The molecular formula is C13H21NO3S. The highest BCUT2D eigenvalue weighted by Crippen LogP contribution is 2.15. The van der Waals surface area contributed by atoms with Gasteiger partial charge in [-0.25, -0.2) is 12.7 Å². The van der Waals surface area contributed by atoms with Gasteiger partial charge in [0.05, 0.1) is 11.0 Å². The number of hydrogen-bond donors (Lipinski definition) is 1. The van der Waals surface area contributed by atoms with Crippen LogP contribution in [0.4, 0.5) is 0 Å². The SMILES string of the molecule is CCCC(O)Cc1ccc(S(=O)(=O)N(C)C)cc1. The van der Waals surface area contributed by atoms with Gasteiger partial charge in [-0.05, 0) is 30.5 Å². The lowest BCUT2D eigenvalue weighted by atomic mass is 10.1. The van der Waals surface area contributed by atoms with Crippen LogP contribution >= 0.6 is 0 Å². The maximum Gasteiger partial charge on any atom is 0.242 e. The van der Waals surface area contributed by atoms with E-state index in [1.54, 1.807) is 24.3 Å². The fourth-order valence-corrected chi connectivity index (χ4v) is 2.62. The highest BCUT2D eigenvalue weighted by Gasteiger charge is 2.16. The number of hydrogen-bond acceptors (Lipinski definition) is 3. The Morgan fingerprint density at radius 1 is 1.22 bits per heavy atom. The third-order valence-corrected chi connectivity index (χ3v) is 4.62. The van der Waals surface area contributed by atoms with Gasteiger partial charge in [0.25, 0.3) is 0 Å². The average molecular weight is 271 g/mol. The molecule has 0 fully saturated rings. The molecule has 1 aromatic rings. The summed E-state index contributed by atoms with van der Waals surface area (Å²) < 4.78 is 24.9. The lowest BCUT2D eigenvalue weighted by Gasteiger charge is -2.12. The largest absolute Gasteiger partial charge is 0.393 e. The Morgan fingerprint density at radius 2 is 1.78 bits per heavy atom. The first-order valence-corrected chi connectivity index (χ1v) is 7.51. The molecule has 0 saturated carbocycles. The summed E-state index contributed by atoms with van der Waals surface area (Å²) in [6.45, 7) is 2.02. The van der Waals surface area contributed by atoms with Crippen LogP contribution in [0.2, 0.25) is 0 Å². The van der Waals surface area contributed by atoms with Gasteiger partial charge in [-0.3, -0.25) is 0 Å². The van der Waals surface area contributed by atoms with Crippen LogP contribution in [-0.2, 0) is 16.4 Å². The van der Waals surface area contributed by atoms with Gasteiger partial charge >= 0.3 is 0 Å². The quantitative estimate of drug-likeness (QED) is 0.855. The van der Waals surface area contributed by atoms with Crippen LogP contribution in [0, 0.1) is 0 Å². The van der Waals surface area contributed by atoms with E-state index in [0.717, 1.165) is 18.4 Å². The summed E-state index contributed by atoms with van der Waals surface area (Å²) in [4.78, 5) is 0.279. The molecule has 5 heteroatoms. The van der Waals surface area contributed by atoms with E-state index in [9.17, 15) is 13.5 Å². The molecule has 18 heavy (non-hydrogen) atoms. The molecule has 0 aliphatic carbocycles. The molecule has 0 radical (unpaired) electrons. The number of benzene rings is 1. The standard InChI is InChI=1S/C13H21NO3S/c1-4-5-12(15)10-11-6-8-13(9-7-11)18(16,17)14(2)3/h6-9,12,15H,4-5,10H2,1-3H3. The molecule has 1 rings (SSSR count). The molecule has 0 saturated heterocycles. The Kier molecular flexibility index (Phi) is 5.31. The van der Waals surface area contributed by atoms with Crippen molar-refractivity contribution in [3.05, 3.63) is 29.8 Å². The highest BCUT2D eigenvalue weighted by molar-refractivity contribution is 7.89. The van der Waals surface area contributed by atoms with Gasteiger partial charge < -0.3 is 5.11 Å². The second-order valence-corrected chi connectivity index (χ2v) is 6.73. The van der Waals surface area contributed by atoms with Gasteiger partial charge in [-0.1, -0.05) is 25.5 Å². The van der Waals surface area contributed by atoms with Gasteiger partial charge in [0.2, 0.25) is 10.0 Å². The maximum absolute atomic E-state index is 11.8. The van der Waals surface area contributed by atoms with Crippen LogP contribution in [0.1, 0.15) is 25.3 Å². The number of aliphatic hydroxyl groups excluding tert-OH is 1. The number of sulfonamides is 1. The second kappa shape index (κ2) is 6.31. The molecule has 1 atom stereocenters. The van der Waals surface area contributed by atoms with Gasteiger partial charge in [-0.15, -0.1) is 0 Å². The molecule has 0 spiro atoms. The molecule has 4 nitrogen and oxygen atoms in total. The van der Waals surface area contributed by atoms with Gasteiger partial charge in [-0.2, -0.15) is 0 Å². The summed E-state index contributed by atoms with van der Waals surface area (Å²) in [7, 11) is -0.345. The predicted octanol–water partition coefficient (Wildman–Crippen LogP) is 1.64. The maximum atomic E-state index is 11.8. The van der Waals surface area contributed by atoms with Crippen molar-refractivity contribution in [3.8, 4) is 0 Å². The summed E-state index contributed by atoms with van der Waals surface area (Å²) in [5.41, 5.74) is 0.952. The monoisotopic (exact) mass is 271 g/mol.